The van der Waals surface area contributed by atoms with Crippen LogP contribution in [0.5, 0.6) is 5.75 Å². The van der Waals surface area contributed by atoms with E-state index in [-0.39, 0.29) is 5.56 Å². The standard InChI is InChI=1S/C19H17F5N2O/c1-2-3-13-4-6-14(7-5-13)10-25-26-11-15-8-16(20)18(17(21)9-15)27-12-19(22,23)24/h4-11H,2-3,12H2,1H3/b25-10+,26-11+. The Hall–Kier alpha value is -2.77. The quantitative estimate of drug-likeness (QED) is 0.362. The highest BCUT2D eigenvalue weighted by molar-refractivity contribution is 5.82. The Morgan fingerprint density at radius 2 is 1.48 bits per heavy atom. The lowest BCUT2D eigenvalue weighted by Gasteiger charge is -2.10. The smallest absolute Gasteiger partial charge is 0.422 e. The van der Waals surface area contributed by atoms with Gasteiger partial charge in [0, 0.05) is 5.56 Å². The monoisotopic (exact) mass is 384 g/mol. The van der Waals surface area contributed by atoms with Crippen molar-refractivity contribution in [1.82, 2.24) is 0 Å². The molecule has 0 aliphatic heterocycles. The van der Waals surface area contributed by atoms with Crippen LogP contribution in [-0.4, -0.2) is 25.2 Å². The van der Waals surface area contributed by atoms with E-state index in [0.717, 1.165) is 36.8 Å². The highest BCUT2D eigenvalue weighted by Gasteiger charge is 2.29. The predicted molar refractivity (Wildman–Crippen MR) is 93.5 cm³/mol. The van der Waals surface area contributed by atoms with Crippen LogP contribution < -0.4 is 4.74 Å². The van der Waals surface area contributed by atoms with Crippen molar-refractivity contribution in [2.75, 3.05) is 6.61 Å². The van der Waals surface area contributed by atoms with Crippen LogP contribution in [0.1, 0.15) is 30.0 Å². The summed E-state index contributed by atoms with van der Waals surface area (Å²) < 4.78 is 67.9. The molecular weight excluding hydrogens is 367 g/mol. The van der Waals surface area contributed by atoms with E-state index in [0.29, 0.717) is 0 Å². The van der Waals surface area contributed by atoms with E-state index in [1.54, 1.807) is 0 Å². The lowest BCUT2D eigenvalue weighted by Crippen LogP contribution is -2.20. The minimum Gasteiger partial charge on any atom is -0.478 e. The number of aryl methyl sites for hydroxylation is 1. The molecule has 2 aromatic rings. The van der Waals surface area contributed by atoms with Gasteiger partial charge in [-0.1, -0.05) is 37.6 Å². The molecule has 0 atom stereocenters. The number of alkyl halides is 3. The Morgan fingerprint density at radius 1 is 0.926 bits per heavy atom. The summed E-state index contributed by atoms with van der Waals surface area (Å²) in [6.07, 6.45) is -0.107. The summed E-state index contributed by atoms with van der Waals surface area (Å²) >= 11 is 0. The van der Waals surface area contributed by atoms with Gasteiger partial charge in [0.1, 0.15) is 0 Å². The topological polar surface area (TPSA) is 34.0 Å². The van der Waals surface area contributed by atoms with Gasteiger partial charge in [0.05, 0.1) is 12.4 Å². The first-order valence-electron chi connectivity index (χ1n) is 8.12. The van der Waals surface area contributed by atoms with E-state index >= 15 is 0 Å². The van der Waals surface area contributed by atoms with Gasteiger partial charge in [-0.3, -0.25) is 0 Å². The molecule has 2 rings (SSSR count). The van der Waals surface area contributed by atoms with E-state index in [1.807, 2.05) is 24.3 Å². The number of hydrogen-bond acceptors (Lipinski definition) is 3. The van der Waals surface area contributed by atoms with E-state index in [4.69, 9.17) is 0 Å². The first-order chi connectivity index (χ1) is 12.8. The average Bonchev–Trinajstić information content (AvgIpc) is 2.59. The van der Waals surface area contributed by atoms with Crippen molar-refractivity contribution < 1.29 is 26.7 Å². The van der Waals surface area contributed by atoms with E-state index < -0.39 is 30.2 Å². The highest BCUT2D eigenvalue weighted by Crippen LogP contribution is 2.25. The molecule has 27 heavy (non-hydrogen) atoms. The van der Waals surface area contributed by atoms with Crippen LogP contribution in [-0.2, 0) is 6.42 Å². The van der Waals surface area contributed by atoms with Crippen LogP contribution in [0.25, 0.3) is 0 Å². The van der Waals surface area contributed by atoms with Gasteiger partial charge in [0.15, 0.2) is 24.0 Å². The molecule has 0 saturated heterocycles. The average molecular weight is 384 g/mol. The number of halogens is 5. The summed E-state index contributed by atoms with van der Waals surface area (Å²) in [6.45, 7) is 0.306. The summed E-state index contributed by atoms with van der Waals surface area (Å²) in [5, 5.41) is 7.47. The van der Waals surface area contributed by atoms with E-state index in [2.05, 4.69) is 21.9 Å². The lowest BCUT2D eigenvalue weighted by molar-refractivity contribution is -0.154. The van der Waals surface area contributed by atoms with Gasteiger partial charge in [-0.05, 0) is 29.7 Å². The molecule has 0 spiro atoms. The molecule has 3 nitrogen and oxygen atoms in total. The number of ether oxygens (including phenoxy) is 1. The molecule has 0 N–H and O–H groups in total. The number of hydrogen-bond donors (Lipinski definition) is 0. The third kappa shape index (κ3) is 6.80. The van der Waals surface area contributed by atoms with Crippen LogP contribution in [0.2, 0.25) is 0 Å². The fourth-order valence-corrected chi connectivity index (χ4v) is 2.20. The zero-order chi connectivity index (χ0) is 19.9. The minimum atomic E-state index is -4.69. The Balaban J connectivity index is 2.02. The molecule has 0 amide bonds. The first-order valence-corrected chi connectivity index (χ1v) is 8.12. The van der Waals surface area contributed by atoms with Crippen molar-refractivity contribution in [3.63, 3.8) is 0 Å². The third-order valence-electron chi connectivity index (χ3n) is 3.40. The second-order valence-corrected chi connectivity index (χ2v) is 5.70. The SMILES string of the molecule is CCCc1ccc(/C=N/N=C/c2cc(F)c(OCC(F)(F)F)c(F)c2)cc1. The Bertz CT molecular complexity index is 791. The van der Waals surface area contributed by atoms with Crippen LogP contribution in [0.3, 0.4) is 0 Å². The fourth-order valence-electron chi connectivity index (χ4n) is 2.20. The Labute approximate surface area is 153 Å². The number of rotatable bonds is 7. The second kappa shape index (κ2) is 9.25. The molecule has 0 saturated carbocycles. The van der Waals surface area contributed by atoms with Crippen molar-refractivity contribution in [3.8, 4) is 5.75 Å². The van der Waals surface area contributed by atoms with Crippen molar-refractivity contribution in [3.05, 3.63) is 64.7 Å². The summed E-state index contributed by atoms with van der Waals surface area (Å²) in [6, 6.07) is 9.31. The maximum Gasteiger partial charge on any atom is 0.422 e. The van der Waals surface area contributed by atoms with Gasteiger partial charge in [-0.2, -0.15) is 23.4 Å². The molecule has 0 fully saturated rings. The molecule has 2 aromatic carbocycles. The van der Waals surface area contributed by atoms with Crippen molar-refractivity contribution in [1.29, 1.82) is 0 Å². The van der Waals surface area contributed by atoms with Crippen LogP contribution in [0.4, 0.5) is 22.0 Å². The molecule has 0 unspecified atom stereocenters. The maximum absolute atomic E-state index is 13.7. The third-order valence-corrected chi connectivity index (χ3v) is 3.40. The van der Waals surface area contributed by atoms with E-state index in [9.17, 15) is 22.0 Å². The molecule has 0 radical (unpaired) electrons. The number of benzene rings is 2. The van der Waals surface area contributed by atoms with Gasteiger partial charge >= 0.3 is 6.18 Å². The van der Waals surface area contributed by atoms with Crippen molar-refractivity contribution >= 4 is 12.4 Å². The molecule has 0 heterocycles. The molecule has 0 aromatic heterocycles. The normalized spacial score (nSPS) is 12.2. The van der Waals surface area contributed by atoms with Gasteiger partial charge < -0.3 is 4.74 Å². The minimum absolute atomic E-state index is 0.000183. The molecule has 0 aliphatic carbocycles. The Morgan fingerprint density at radius 3 is 2.00 bits per heavy atom. The molecule has 144 valence electrons. The molecule has 0 bridgehead atoms. The van der Waals surface area contributed by atoms with Gasteiger partial charge in [0.2, 0.25) is 0 Å². The van der Waals surface area contributed by atoms with Gasteiger partial charge in [0.25, 0.3) is 0 Å². The molecule has 0 aliphatic rings. The van der Waals surface area contributed by atoms with Crippen LogP contribution in [0, 0.1) is 11.6 Å². The first kappa shape index (κ1) is 20.5. The summed E-state index contributed by atoms with van der Waals surface area (Å²) in [5.74, 6) is -3.59. The summed E-state index contributed by atoms with van der Waals surface area (Å²) in [7, 11) is 0. The Kier molecular flexibility index (Phi) is 7.04. The summed E-state index contributed by atoms with van der Waals surface area (Å²) in [5.41, 5.74) is 2.01. The zero-order valence-corrected chi connectivity index (χ0v) is 14.4. The molecule has 8 heteroatoms. The fraction of sp³-hybridized carbons (Fsp3) is 0.263. The van der Waals surface area contributed by atoms with Gasteiger partial charge in [-0.25, -0.2) is 8.78 Å². The highest BCUT2D eigenvalue weighted by atomic mass is 19.4. The van der Waals surface area contributed by atoms with Crippen molar-refractivity contribution in [2.24, 2.45) is 10.2 Å². The second-order valence-electron chi connectivity index (χ2n) is 5.70. The maximum atomic E-state index is 13.7. The van der Waals surface area contributed by atoms with Crippen molar-refractivity contribution in [2.45, 2.75) is 25.9 Å². The largest absolute Gasteiger partial charge is 0.478 e. The van der Waals surface area contributed by atoms with Crippen LogP contribution >= 0.6 is 0 Å². The zero-order valence-electron chi connectivity index (χ0n) is 14.4. The van der Waals surface area contributed by atoms with Crippen LogP contribution in [0.15, 0.2) is 46.6 Å². The lowest BCUT2D eigenvalue weighted by atomic mass is 10.1. The van der Waals surface area contributed by atoms with E-state index in [1.165, 1.54) is 11.8 Å². The predicted octanol–water partition coefficient (Wildman–Crippen LogP) is 5.31. The summed E-state index contributed by atoms with van der Waals surface area (Å²) in [4.78, 5) is 0. The number of nitrogens with zero attached hydrogens (tertiary/aromatic N) is 2. The van der Waals surface area contributed by atoms with Gasteiger partial charge in [-0.15, -0.1) is 0 Å². The molecular formula is C19H17F5N2O.